The molecule has 0 aromatic heterocycles. The lowest BCUT2D eigenvalue weighted by Gasteiger charge is -2.14. The van der Waals surface area contributed by atoms with Crippen molar-refractivity contribution in [2.24, 2.45) is 0 Å². The Labute approximate surface area is 128 Å². The maximum Gasteiger partial charge on any atom is 0.144 e. The highest BCUT2D eigenvalue weighted by atomic mass is 35.5. The van der Waals surface area contributed by atoms with Crippen LogP contribution in [0.15, 0.2) is 42.5 Å². The number of Topliss-reactive ketones (excluding diaryl/α,β-unsaturated/α-hetero) is 1. The van der Waals surface area contributed by atoms with Crippen LogP contribution in [-0.4, -0.2) is 12.1 Å². The fourth-order valence-corrected chi connectivity index (χ4v) is 2.37. The van der Waals surface area contributed by atoms with Crippen LogP contribution in [0.2, 0.25) is 5.02 Å². The first-order chi connectivity index (χ1) is 10.1. The lowest BCUT2D eigenvalue weighted by molar-refractivity contribution is -0.121. The highest BCUT2D eigenvalue weighted by Gasteiger charge is 2.10. The molecule has 0 radical (unpaired) electrons. The van der Waals surface area contributed by atoms with E-state index in [9.17, 15) is 9.59 Å². The van der Waals surface area contributed by atoms with Gasteiger partial charge in [0.1, 0.15) is 12.1 Å². The normalized spacial score (nSPS) is 10.2. The minimum Gasteiger partial charge on any atom is -0.354 e. The molecule has 0 fully saturated rings. The van der Waals surface area contributed by atoms with Gasteiger partial charge >= 0.3 is 0 Å². The van der Waals surface area contributed by atoms with Crippen LogP contribution in [0.1, 0.15) is 17.5 Å². The van der Waals surface area contributed by atoms with Crippen LogP contribution in [-0.2, 0) is 16.0 Å². The van der Waals surface area contributed by atoms with Gasteiger partial charge in [0, 0.05) is 12.1 Å². The van der Waals surface area contributed by atoms with Crippen LogP contribution < -0.4 is 5.32 Å². The molecule has 0 aliphatic rings. The van der Waals surface area contributed by atoms with Gasteiger partial charge in [-0.05, 0) is 30.2 Å². The second kappa shape index (κ2) is 7.04. The molecule has 2 aromatic rings. The van der Waals surface area contributed by atoms with E-state index in [0.29, 0.717) is 11.3 Å². The van der Waals surface area contributed by atoms with Crippen molar-refractivity contribution < 1.29 is 9.59 Å². The van der Waals surface area contributed by atoms with E-state index >= 15 is 0 Å². The van der Waals surface area contributed by atoms with E-state index in [1.165, 1.54) is 0 Å². The standard InChI is InChI=1S/C17H16ClNO2/c1-12-5-4-7-15(18)17(12)19-16-8-3-2-6-13(16)11-14(21)9-10-20/h2-8,10,19H,9,11H2,1H3. The summed E-state index contributed by atoms with van der Waals surface area (Å²) in [6, 6.07) is 13.2. The molecule has 0 bridgehead atoms. The van der Waals surface area contributed by atoms with E-state index in [2.05, 4.69) is 5.32 Å². The van der Waals surface area contributed by atoms with Crippen molar-refractivity contribution in [2.75, 3.05) is 5.32 Å². The Bertz CT molecular complexity index is 647. The summed E-state index contributed by atoms with van der Waals surface area (Å²) in [6.07, 6.45) is 0.807. The van der Waals surface area contributed by atoms with Crippen molar-refractivity contribution in [3.8, 4) is 0 Å². The number of aryl methyl sites for hydroxylation is 1. The quantitative estimate of drug-likeness (QED) is 0.645. The lowest BCUT2D eigenvalue weighted by atomic mass is 10.0. The number of ketones is 1. The Morgan fingerprint density at radius 1 is 1.19 bits per heavy atom. The summed E-state index contributed by atoms with van der Waals surface area (Å²) in [5.74, 6) is -0.102. The number of benzene rings is 2. The molecular formula is C17H16ClNO2. The second-order valence-corrected chi connectivity index (χ2v) is 5.21. The zero-order valence-corrected chi connectivity index (χ0v) is 12.5. The number of hydrogen-bond donors (Lipinski definition) is 1. The number of anilines is 2. The Morgan fingerprint density at radius 3 is 2.67 bits per heavy atom. The van der Waals surface area contributed by atoms with E-state index in [-0.39, 0.29) is 18.6 Å². The SMILES string of the molecule is Cc1cccc(Cl)c1Nc1ccccc1CC(=O)CC=O. The number of para-hydroxylation sites is 2. The lowest BCUT2D eigenvalue weighted by Crippen LogP contribution is -2.06. The third-order valence-electron chi connectivity index (χ3n) is 3.20. The Hall–Kier alpha value is -2.13. The maximum atomic E-state index is 11.7. The van der Waals surface area contributed by atoms with Crippen molar-refractivity contribution >= 4 is 35.0 Å². The highest BCUT2D eigenvalue weighted by molar-refractivity contribution is 6.33. The molecule has 1 N–H and O–H groups in total. The summed E-state index contributed by atoms with van der Waals surface area (Å²) < 4.78 is 0. The smallest absolute Gasteiger partial charge is 0.144 e. The molecule has 108 valence electrons. The molecule has 0 aliphatic carbocycles. The second-order valence-electron chi connectivity index (χ2n) is 4.80. The molecule has 0 amide bonds. The molecule has 3 nitrogen and oxygen atoms in total. The summed E-state index contributed by atoms with van der Waals surface area (Å²) >= 11 is 6.21. The van der Waals surface area contributed by atoms with Crippen LogP contribution in [0.25, 0.3) is 0 Å². The van der Waals surface area contributed by atoms with Crippen LogP contribution in [0, 0.1) is 6.92 Å². The zero-order valence-electron chi connectivity index (χ0n) is 11.7. The molecule has 0 aliphatic heterocycles. The summed E-state index contributed by atoms with van der Waals surface area (Å²) in [6.45, 7) is 1.97. The Kier molecular flexibility index (Phi) is 5.12. The van der Waals surface area contributed by atoms with Gasteiger partial charge in [0.15, 0.2) is 0 Å². The van der Waals surface area contributed by atoms with Gasteiger partial charge in [0.2, 0.25) is 0 Å². The number of aldehydes is 1. The first-order valence-electron chi connectivity index (χ1n) is 6.67. The summed E-state index contributed by atoms with van der Waals surface area (Å²) in [4.78, 5) is 22.1. The van der Waals surface area contributed by atoms with Gasteiger partial charge in [0.05, 0.1) is 17.1 Å². The van der Waals surface area contributed by atoms with E-state index in [0.717, 1.165) is 22.5 Å². The van der Waals surface area contributed by atoms with E-state index < -0.39 is 0 Å². The number of rotatable bonds is 6. The Morgan fingerprint density at radius 2 is 1.95 bits per heavy atom. The van der Waals surface area contributed by atoms with Crippen molar-refractivity contribution in [1.29, 1.82) is 0 Å². The maximum absolute atomic E-state index is 11.7. The molecule has 2 aromatic carbocycles. The summed E-state index contributed by atoms with van der Waals surface area (Å²) in [7, 11) is 0. The van der Waals surface area contributed by atoms with E-state index in [1.54, 1.807) is 0 Å². The molecule has 0 saturated heterocycles. The molecular weight excluding hydrogens is 286 g/mol. The molecule has 0 atom stereocenters. The fourth-order valence-electron chi connectivity index (χ4n) is 2.10. The number of nitrogens with one attached hydrogen (secondary N) is 1. The van der Waals surface area contributed by atoms with Crippen molar-refractivity contribution in [2.45, 2.75) is 19.8 Å². The average Bonchev–Trinajstić information content (AvgIpc) is 2.45. The van der Waals surface area contributed by atoms with Crippen LogP contribution in [0.3, 0.4) is 0 Å². The average molecular weight is 302 g/mol. The number of hydrogen-bond acceptors (Lipinski definition) is 3. The van der Waals surface area contributed by atoms with Crippen molar-refractivity contribution in [3.63, 3.8) is 0 Å². The minimum atomic E-state index is -0.102. The summed E-state index contributed by atoms with van der Waals surface area (Å²) in [5, 5.41) is 3.91. The van der Waals surface area contributed by atoms with Gasteiger partial charge < -0.3 is 10.1 Å². The number of carbonyl (C=O) groups is 2. The molecule has 0 heterocycles. The third kappa shape index (κ3) is 3.92. The van der Waals surface area contributed by atoms with Gasteiger partial charge in [-0.1, -0.05) is 41.9 Å². The van der Waals surface area contributed by atoms with Gasteiger partial charge in [-0.15, -0.1) is 0 Å². The Balaban J connectivity index is 2.28. The molecule has 0 saturated carbocycles. The highest BCUT2D eigenvalue weighted by Crippen LogP contribution is 2.30. The largest absolute Gasteiger partial charge is 0.354 e. The van der Waals surface area contributed by atoms with Crippen molar-refractivity contribution in [3.05, 3.63) is 58.6 Å². The molecule has 4 heteroatoms. The van der Waals surface area contributed by atoms with Gasteiger partial charge in [-0.3, -0.25) is 4.79 Å². The van der Waals surface area contributed by atoms with E-state index in [1.807, 2.05) is 49.4 Å². The molecule has 21 heavy (non-hydrogen) atoms. The van der Waals surface area contributed by atoms with Crippen LogP contribution >= 0.6 is 11.6 Å². The minimum absolute atomic E-state index is 0.0561. The number of halogens is 1. The van der Waals surface area contributed by atoms with Gasteiger partial charge in [0.25, 0.3) is 0 Å². The first kappa shape index (κ1) is 15.3. The predicted molar refractivity (Wildman–Crippen MR) is 85.3 cm³/mol. The fraction of sp³-hybridized carbons (Fsp3) is 0.176. The van der Waals surface area contributed by atoms with Gasteiger partial charge in [-0.25, -0.2) is 0 Å². The monoisotopic (exact) mass is 301 g/mol. The van der Waals surface area contributed by atoms with Crippen LogP contribution in [0.5, 0.6) is 0 Å². The number of carbonyl (C=O) groups excluding carboxylic acids is 2. The predicted octanol–water partition coefficient (Wildman–Crippen LogP) is 4.09. The van der Waals surface area contributed by atoms with Crippen molar-refractivity contribution in [1.82, 2.24) is 0 Å². The molecule has 0 spiro atoms. The molecule has 0 unspecified atom stereocenters. The van der Waals surface area contributed by atoms with E-state index in [4.69, 9.17) is 11.6 Å². The third-order valence-corrected chi connectivity index (χ3v) is 3.51. The van der Waals surface area contributed by atoms with Crippen LogP contribution in [0.4, 0.5) is 11.4 Å². The zero-order chi connectivity index (χ0) is 15.2. The van der Waals surface area contributed by atoms with Gasteiger partial charge in [-0.2, -0.15) is 0 Å². The summed E-state index contributed by atoms with van der Waals surface area (Å²) in [5.41, 5.74) is 3.53. The molecule has 2 rings (SSSR count). The topological polar surface area (TPSA) is 46.2 Å². The first-order valence-corrected chi connectivity index (χ1v) is 7.05.